The third-order valence-corrected chi connectivity index (χ3v) is 5.10. The van der Waals surface area contributed by atoms with Crippen molar-refractivity contribution in [1.82, 2.24) is 10.2 Å². The molecular weight excluding hydrogens is 466 g/mol. The predicted octanol–water partition coefficient (Wildman–Crippen LogP) is 4.24. The number of nitro benzene ring substituents is 1. The Morgan fingerprint density at radius 1 is 1.22 bits per heavy atom. The second-order valence-electron chi connectivity index (χ2n) is 5.98. The highest BCUT2D eigenvalue weighted by Gasteiger charge is 2.21. The molecule has 0 spiro atoms. The number of hydrogen-bond acceptors (Lipinski definition) is 10. The number of aliphatic carboxylic acids is 1. The fraction of sp³-hybridized carbons (Fsp3) is 0.105. The summed E-state index contributed by atoms with van der Waals surface area (Å²) in [5, 5.41) is 38.9. The number of hydrogen-bond donors (Lipinski definition) is 2. The lowest BCUT2D eigenvalue weighted by Crippen LogP contribution is -1.98. The molecule has 0 aliphatic carbocycles. The monoisotopic (exact) mass is 479 g/mol. The first-order chi connectivity index (χ1) is 15.2. The van der Waals surface area contributed by atoms with Gasteiger partial charge in [-0.15, -0.1) is 10.2 Å². The summed E-state index contributed by atoms with van der Waals surface area (Å²) in [5.41, 5.74) is -0.132. The summed E-state index contributed by atoms with van der Waals surface area (Å²) in [4.78, 5) is 21.8. The summed E-state index contributed by atoms with van der Waals surface area (Å²) in [7, 11) is 2.66. The van der Waals surface area contributed by atoms with E-state index in [-0.39, 0.29) is 27.3 Å². The van der Waals surface area contributed by atoms with Crippen LogP contribution in [0.2, 0.25) is 5.02 Å². The van der Waals surface area contributed by atoms with Crippen molar-refractivity contribution < 1.29 is 33.8 Å². The van der Waals surface area contributed by atoms with E-state index in [1.54, 1.807) is 18.2 Å². The Bertz CT molecular complexity index is 1230. The number of non-ortho nitro benzene ring substituents is 1. The van der Waals surface area contributed by atoms with Gasteiger partial charge in [0.2, 0.25) is 0 Å². The van der Waals surface area contributed by atoms with Gasteiger partial charge in [-0.3, -0.25) is 10.1 Å². The second kappa shape index (κ2) is 9.58. The van der Waals surface area contributed by atoms with Crippen LogP contribution in [0.5, 0.6) is 17.2 Å². The predicted molar refractivity (Wildman–Crippen MR) is 114 cm³/mol. The summed E-state index contributed by atoms with van der Waals surface area (Å²) in [6.07, 6.45) is 1.03. The van der Waals surface area contributed by atoms with Crippen LogP contribution in [0.15, 0.2) is 44.9 Å². The second-order valence-corrected chi connectivity index (χ2v) is 7.41. The number of phenols is 1. The summed E-state index contributed by atoms with van der Waals surface area (Å²) < 4.78 is 15.7. The number of aromatic hydroxyl groups is 1. The highest BCUT2D eigenvalue weighted by Crippen LogP contribution is 2.39. The average Bonchev–Trinajstić information content (AvgIpc) is 3.22. The number of rotatable bonds is 8. The number of carboxylic acids is 1. The quantitative estimate of drug-likeness (QED) is 0.206. The van der Waals surface area contributed by atoms with Crippen LogP contribution in [-0.2, 0) is 4.79 Å². The third-order valence-electron chi connectivity index (χ3n) is 4.01. The van der Waals surface area contributed by atoms with Gasteiger partial charge in [0.05, 0.1) is 30.8 Å². The average molecular weight is 480 g/mol. The van der Waals surface area contributed by atoms with Crippen LogP contribution in [0.25, 0.3) is 17.5 Å². The van der Waals surface area contributed by atoms with Gasteiger partial charge in [0.1, 0.15) is 10.7 Å². The Balaban J connectivity index is 1.99. The fourth-order valence-electron chi connectivity index (χ4n) is 2.56. The Kier molecular flexibility index (Phi) is 6.85. The molecule has 0 aliphatic rings. The normalized spacial score (nSPS) is 11.3. The first-order valence-corrected chi connectivity index (χ1v) is 9.78. The Hall–Kier alpha value is -3.77. The largest absolute Gasteiger partial charge is 0.504 e. The summed E-state index contributed by atoms with van der Waals surface area (Å²) in [6, 6.07) is 6.79. The number of aromatic nitrogens is 2. The van der Waals surface area contributed by atoms with Crippen molar-refractivity contribution in [2.75, 3.05) is 14.2 Å². The molecule has 166 valence electrons. The zero-order valence-electron chi connectivity index (χ0n) is 16.4. The van der Waals surface area contributed by atoms with E-state index in [0.717, 1.165) is 18.2 Å². The fourth-order valence-corrected chi connectivity index (χ4v) is 3.40. The van der Waals surface area contributed by atoms with Crippen molar-refractivity contribution in [3.8, 4) is 28.7 Å². The molecule has 0 bridgehead atoms. The van der Waals surface area contributed by atoms with Gasteiger partial charge in [-0.1, -0.05) is 11.6 Å². The lowest BCUT2D eigenvalue weighted by molar-refractivity contribution is -0.385. The van der Waals surface area contributed by atoms with Crippen LogP contribution in [-0.4, -0.2) is 45.5 Å². The highest BCUT2D eigenvalue weighted by atomic mass is 35.5. The molecule has 0 saturated carbocycles. The molecule has 3 aromatic rings. The minimum atomic E-state index is -1.39. The lowest BCUT2D eigenvalue weighted by Gasteiger charge is -2.07. The standard InChI is InChI=1S/C19H14ClN3O8S/c1-29-13-4-3-10(20)7-12(13)17-21-22-19(31-17)32-15(18(25)26)6-9-5-11(23(27)28)8-14(30-2)16(9)24/h3-8,24H,1-2H3,(H,25,26)/b15-6+. The molecule has 1 heterocycles. The van der Waals surface area contributed by atoms with Crippen molar-refractivity contribution in [1.29, 1.82) is 0 Å². The number of ether oxygens (including phenoxy) is 2. The lowest BCUT2D eigenvalue weighted by atomic mass is 10.1. The molecule has 0 radical (unpaired) electrons. The number of nitrogens with zero attached hydrogens (tertiary/aromatic N) is 3. The van der Waals surface area contributed by atoms with Gasteiger partial charge in [-0.05, 0) is 36.0 Å². The molecular formula is C19H14ClN3O8S. The van der Waals surface area contributed by atoms with E-state index >= 15 is 0 Å². The van der Waals surface area contributed by atoms with E-state index in [4.69, 9.17) is 25.5 Å². The smallest absolute Gasteiger partial charge is 0.342 e. The number of thioether (sulfide) groups is 1. The van der Waals surface area contributed by atoms with Crippen molar-refractivity contribution in [2.45, 2.75) is 5.22 Å². The van der Waals surface area contributed by atoms with Gasteiger partial charge in [-0.2, -0.15) is 0 Å². The SMILES string of the molecule is COc1ccc(Cl)cc1-c1nnc(S/C(=C/c2cc([N+](=O)[O-])cc(OC)c2O)C(=O)O)o1. The minimum absolute atomic E-state index is 0.0384. The van der Waals surface area contributed by atoms with Gasteiger partial charge in [0, 0.05) is 16.7 Å². The molecule has 0 atom stereocenters. The topological polar surface area (TPSA) is 158 Å². The van der Waals surface area contributed by atoms with Gasteiger partial charge >= 0.3 is 5.97 Å². The van der Waals surface area contributed by atoms with Crippen molar-refractivity contribution in [3.05, 3.63) is 55.9 Å². The maximum Gasteiger partial charge on any atom is 0.342 e. The van der Waals surface area contributed by atoms with Crippen LogP contribution in [0.1, 0.15) is 5.56 Å². The maximum absolute atomic E-state index is 11.8. The summed E-state index contributed by atoms with van der Waals surface area (Å²) >= 11 is 6.59. The van der Waals surface area contributed by atoms with Crippen LogP contribution in [0, 0.1) is 10.1 Å². The van der Waals surface area contributed by atoms with Gasteiger partial charge in [0.25, 0.3) is 16.8 Å². The van der Waals surface area contributed by atoms with Crippen LogP contribution in [0.4, 0.5) is 5.69 Å². The number of benzene rings is 2. The van der Waals surface area contributed by atoms with Crippen molar-refractivity contribution in [2.24, 2.45) is 0 Å². The summed E-state index contributed by atoms with van der Waals surface area (Å²) in [6.45, 7) is 0. The van der Waals surface area contributed by atoms with E-state index in [2.05, 4.69) is 10.2 Å². The van der Waals surface area contributed by atoms with Gasteiger partial charge in [0.15, 0.2) is 11.5 Å². The summed E-state index contributed by atoms with van der Waals surface area (Å²) in [5.74, 6) is -1.59. The number of nitro groups is 1. The zero-order chi connectivity index (χ0) is 23.4. The molecule has 2 N–H and O–H groups in total. The maximum atomic E-state index is 11.8. The first-order valence-electron chi connectivity index (χ1n) is 8.59. The molecule has 0 saturated heterocycles. The molecule has 0 fully saturated rings. The van der Waals surface area contributed by atoms with E-state index in [1.165, 1.54) is 14.2 Å². The van der Waals surface area contributed by atoms with Crippen LogP contribution in [0.3, 0.4) is 0 Å². The molecule has 1 aromatic heterocycles. The molecule has 0 aliphatic heterocycles. The molecule has 13 heteroatoms. The van der Waals surface area contributed by atoms with Crippen LogP contribution < -0.4 is 9.47 Å². The first kappa shape index (κ1) is 22.9. The minimum Gasteiger partial charge on any atom is -0.504 e. The molecule has 11 nitrogen and oxygen atoms in total. The molecule has 0 unspecified atom stereocenters. The van der Waals surface area contributed by atoms with Crippen molar-refractivity contribution >= 4 is 41.1 Å². The van der Waals surface area contributed by atoms with Gasteiger partial charge in [-0.25, -0.2) is 4.79 Å². The van der Waals surface area contributed by atoms with E-state index in [1.807, 2.05) is 0 Å². The Morgan fingerprint density at radius 2 is 1.94 bits per heavy atom. The highest BCUT2D eigenvalue weighted by molar-refractivity contribution is 8.03. The number of halogens is 1. The molecule has 3 rings (SSSR count). The van der Waals surface area contributed by atoms with E-state index in [0.29, 0.717) is 28.1 Å². The number of carboxylic acid groups (broad SMARTS) is 1. The number of phenolic OH excluding ortho intramolecular Hbond substituents is 1. The van der Waals surface area contributed by atoms with E-state index in [9.17, 15) is 25.1 Å². The van der Waals surface area contributed by atoms with E-state index < -0.39 is 22.3 Å². The van der Waals surface area contributed by atoms with Gasteiger partial charge < -0.3 is 24.1 Å². The molecule has 2 aromatic carbocycles. The Labute approximate surface area is 189 Å². The van der Waals surface area contributed by atoms with Crippen LogP contribution >= 0.6 is 23.4 Å². The van der Waals surface area contributed by atoms with Crippen molar-refractivity contribution in [3.63, 3.8) is 0 Å². The zero-order valence-corrected chi connectivity index (χ0v) is 18.0. The number of carbonyl (C=O) groups is 1. The molecule has 32 heavy (non-hydrogen) atoms. The molecule has 0 amide bonds. The third kappa shape index (κ3) is 4.92. The Morgan fingerprint density at radius 3 is 2.56 bits per heavy atom. The number of methoxy groups -OCH3 is 2.